The van der Waals surface area contributed by atoms with Crippen LogP contribution in [0, 0.1) is 5.92 Å². The summed E-state index contributed by atoms with van der Waals surface area (Å²) in [5, 5.41) is 19.3. The van der Waals surface area contributed by atoms with E-state index in [0.29, 0.717) is 19.6 Å². The molecule has 0 aromatic carbocycles. The van der Waals surface area contributed by atoms with Crippen molar-refractivity contribution in [1.29, 1.82) is 2.67 Å². The molecule has 1 rings (SSSR count). The maximum Gasteiger partial charge on any atom is 0.146 e. The molecule has 1 heterocycles. The Labute approximate surface area is 123 Å². The fourth-order valence-corrected chi connectivity index (χ4v) is 3.23. The summed E-state index contributed by atoms with van der Waals surface area (Å²) in [6, 6.07) is -0.558. The second kappa shape index (κ2) is 8.27. The molecule has 4 atom stereocenters. The molecule has 1 unspecified atom stereocenters. The molecule has 0 aromatic heterocycles. The number of aliphatic hydroxyl groups excluding tert-OH is 2. The molecule has 1 fully saturated rings. The van der Waals surface area contributed by atoms with E-state index in [1.165, 1.54) is 0 Å². The smallest absolute Gasteiger partial charge is 0.146 e. The van der Waals surface area contributed by atoms with Gasteiger partial charge in [0.15, 0.2) is 0 Å². The number of nitrogens with zero attached hydrogens (tertiary/aromatic N) is 1. The van der Waals surface area contributed by atoms with E-state index in [0.717, 1.165) is 12.0 Å². The van der Waals surface area contributed by atoms with Gasteiger partial charge in [-0.3, -0.25) is 9.69 Å². The van der Waals surface area contributed by atoms with E-state index in [1.54, 1.807) is 6.92 Å². The molecule has 19 heavy (non-hydrogen) atoms. The first-order chi connectivity index (χ1) is 9.92. The summed E-state index contributed by atoms with van der Waals surface area (Å²) >= 11 is 1.07. The summed E-state index contributed by atoms with van der Waals surface area (Å²) in [7, 11) is -0.936. The highest BCUT2D eigenvalue weighted by atomic mass is 32.2. The summed E-state index contributed by atoms with van der Waals surface area (Å²) in [5.74, 6) is 0.00272. The van der Waals surface area contributed by atoms with Crippen LogP contribution in [-0.2, 0) is 8.98 Å². The minimum atomic E-state index is -0.936. The number of ketones is 1. The quantitative estimate of drug-likeness (QED) is 0.331. The number of hydrogen-bond donors (Lipinski definition) is 2. The lowest BCUT2D eigenvalue weighted by Crippen LogP contribution is -2.48. The Morgan fingerprint density at radius 2 is 2.58 bits per heavy atom. The highest BCUT2D eigenvalue weighted by Gasteiger charge is 2.45. The van der Waals surface area contributed by atoms with Crippen molar-refractivity contribution in [1.82, 2.24) is 4.90 Å². The summed E-state index contributed by atoms with van der Waals surface area (Å²) in [4.78, 5) is 13.7. The van der Waals surface area contributed by atoms with Gasteiger partial charge in [0, 0.05) is 12.0 Å². The van der Waals surface area contributed by atoms with Crippen LogP contribution >= 0.6 is 12.0 Å². The van der Waals surface area contributed by atoms with E-state index in [4.69, 9.17) is 6.85 Å². The highest BCUT2D eigenvalue weighted by molar-refractivity contribution is 7.95. The minimum Gasteiger partial charge on any atom is -0.394 e. The summed E-state index contributed by atoms with van der Waals surface area (Å²) in [6.07, 6.45) is -0.315. The van der Waals surface area contributed by atoms with E-state index in [9.17, 15) is 15.0 Å². The number of hydrogen-bond acceptors (Lipinski definition) is 6. The van der Waals surface area contributed by atoms with Gasteiger partial charge in [0.25, 0.3) is 0 Å². The maximum atomic E-state index is 11.8. The van der Waals surface area contributed by atoms with Gasteiger partial charge in [-0.1, -0.05) is 6.92 Å². The predicted molar refractivity (Wildman–Crippen MR) is 78.8 cm³/mol. The standard InChI is InChI=1S/C12H24BNO4S/c1-3-14-10(8(2)16)4-9(6-18-19-7-13)12(14)11(17)5-15/h9-12,15,17H,3-7,13H2,1-2H3/t9-,10+,11?,12+/m0/s1/i13TD. The topological polar surface area (TPSA) is 70.0 Å². The minimum absolute atomic E-state index is 0.0524. The van der Waals surface area contributed by atoms with E-state index in [1.807, 2.05) is 11.8 Å². The number of aliphatic hydroxyl groups is 2. The molecule has 5 nitrogen and oxygen atoms in total. The molecule has 2 N–H and O–H groups in total. The highest BCUT2D eigenvalue weighted by Crippen LogP contribution is 2.33. The molecular formula is C12H24BNO4S. The van der Waals surface area contributed by atoms with Crippen molar-refractivity contribution in [3.63, 3.8) is 0 Å². The van der Waals surface area contributed by atoms with Crippen molar-refractivity contribution in [2.24, 2.45) is 5.92 Å². The molecule has 0 radical (unpaired) electrons. The molecule has 0 saturated carbocycles. The molecular weight excluding hydrogens is 265 g/mol. The Hall–Kier alpha value is -0.0751. The number of likely N-dealkylation sites (N-methyl/N-ethyl adjacent to an activating group) is 1. The molecule has 1 saturated heterocycles. The van der Waals surface area contributed by atoms with Crippen LogP contribution in [0.5, 0.6) is 0 Å². The van der Waals surface area contributed by atoms with Gasteiger partial charge in [-0.15, -0.1) is 0 Å². The second-order valence-corrected chi connectivity index (χ2v) is 5.57. The van der Waals surface area contributed by atoms with Crippen LogP contribution in [0.2, 0.25) is 0 Å². The molecule has 110 valence electrons. The molecule has 1 aliphatic heterocycles. The molecule has 0 bridgehead atoms. The van der Waals surface area contributed by atoms with E-state index in [2.05, 4.69) is 0 Å². The molecule has 0 aromatic rings. The first-order valence-corrected chi connectivity index (χ1v) is 7.47. The van der Waals surface area contributed by atoms with Crippen molar-refractivity contribution in [3.8, 4) is 0 Å². The zero-order chi connectivity index (χ0) is 16.0. The molecule has 0 spiro atoms. The monoisotopic (exact) mass is 292 g/mol. The number of carbonyl (C=O) groups excluding carboxylic acids is 1. The number of likely N-dealkylation sites (tertiary alicyclic amines) is 1. The largest absolute Gasteiger partial charge is 0.394 e. The van der Waals surface area contributed by atoms with E-state index >= 15 is 0 Å². The normalized spacial score (nSPS) is 30.8. The molecule has 0 amide bonds. The van der Waals surface area contributed by atoms with Crippen LogP contribution in [0.1, 0.15) is 20.3 Å². The van der Waals surface area contributed by atoms with Crippen molar-refractivity contribution >= 4 is 25.6 Å². The van der Waals surface area contributed by atoms with Gasteiger partial charge < -0.3 is 14.4 Å². The van der Waals surface area contributed by atoms with Crippen LogP contribution in [0.15, 0.2) is 0 Å². The van der Waals surface area contributed by atoms with Crippen LogP contribution in [0.25, 0.3) is 0 Å². The van der Waals surface area contributed by atoms with E-state index < -0.39 is 13.9 Å². The maximum absolute atomic E-state index is 11.8. The summed E-state index contributed by atoms with van der Waals surface area (Å²) in [5.41, 5.74) is 0.258. The van der Waals surface area contributed by atoms with Crippen LogP contribution in [-0.4, -0.2) is 74.9 Å². The van der Waals surface area contributed by atoms with Gasteiger partial charge in [-0.25, -0.2) is 0 Å². The summed E-state index contributed by atoms with van der Waals surface area (Å²) < 4.78 is 19.6. The number of rotatable bonds is 9. The van der Waals surface area contributed by atoms with Crippen molar-refractivity contribution in [2.75, 3.05) is 25.4 Å². The second-order valence-electron chi connectivity index (χ2n) is 4.76. The van der Waals surface area contributed by atoms with Gasteiger partial charge >= 0.3 is 0 Å². The third-order valence-corrected chi connectivity index (χ3v) is 4.08. The Kier molecular flexibility index (Phi) is 6.04. The van der Waals surface area contributed by atoms with Gasteiger partial charge in [0.1, 0.15) is 13.6 Å². The first kappa shape index (κ1) is 13.9. The Balaban J connectivity index is 2.68. The van der Waals surface area contributed by atoms with Crippen molar-refractivity contribution in [2.45, 2.75) is 38.5 Å². The SMILES string of the molecule is [2H]B([3H])CSOC[C@@H]1C[C@H](C(C)=O)N(CC)[C@H]1C(O)CO. The zero-order valence-electron chi connectivity index (χ0n) is 13.5. The fourth-order valence-electron chi connectivity index (χ4n) is 2.86. The first-order valence-electron chi connectivity index (χ1n) is 7.71. The van der Waals surface area contributed by atoms with Crippen molar-refractivity contribution < 1.29 is 19.2 Å². The Bertz CT molecular complexity index is 340. The van der Waals surface area contributed by atoms with Crippen LogP contribution in [0.3, 0.4) is 0 Å². The van der Waals surface area contributed by atoms with Gasteiger partial charge in [-0.05, 0) is 40.3 Å². The van der Waals surface area contributed by atoms with Crippen LogP contribution in [0.4, 0.5) is 0 Å². The van der Waals surface area contributed by atoms with Crippen LogP contribution < -0.4 is 0 Å². The number of Topliss-reactive ketones (excluding diaryl/α,β-unsaturated/α-hetero) is 1. The average molecular weight is 292 g/mol. The van der Waals surface area contributed by atoms with Crippen molar-refractivity contribution in [3.05, 3.63) is 0 Å². The lowest BCUT2D eigenvalue weighted by atomic mass is 9.95. The van der Waals surface area contributed by atoms with E-state index in [-0.39, 0.29) is 36.0 Å². The lowest BCUT2D eigenvalue weighted by Gasteiger charge is -2.32. The van der Waals surface area contributed by atoms with Gasteiger partial charge in [0.2, 0.25) is 0 Å². The third-order valence-electron chi connectivity index (χ3n) is 3.64. The molecule has 7 heteroatoms. The zero-order valence-corrected chi connectivity index (χ0v) is 12.3. The Morgan fingerprint density at radius 3 is 3.11 bits per heavy atom. The third kappa shape index (κ3) is 4.19. The van der Waals surface area contributed by atoms with Gasteiger partial charge in [-0.2, -0.15) is 0 Å². The average Bonchev–Trinajstić information content (AvgIpc) is 2.81. The molecule has 0 aliphatic carbocycles. The lowest BCUT2D eigenvalue weighted by molar-refractivity contribution is -0.122. The predicted octanol–water partition coefficient (Wildman–Crippen LogP) is -0.737. The Morgan fingerprint density at radius 1 is 1.84 bits per heavy atom. The summed E-state index contributed by atoms with van der Waals surface area (Å²) in [6.45, 7) is 4.07. The fraction of sp³-hybridized carbons (Fsp3) is 0.917. The number of carbonyl (C=O) groups is 1. The molecule has 1 aliphatic rings. The van der Waals surface area contributed by atoms with Gasteiger partial charge in [0.05, 0.1) is 25.4 Å².